The minimum absolute atomic E-state index is 0.138. The van der Waals surface area contributed by atoms with Crippen molar-refractivity contribution in [1.29, 1.82) is 0 Å². The first-order chi connectivity index (χ1) is 14.2. The van der Waals surface area contributed by atoms with Gasteiger partial charge in [0, 0.05) is 24.9 Å². The average Bonchev–Trinajstić information content (AvgIpc) is 3.13. The number of hydrogen-bond acceptors (Lipinski definition) is 8. The van der Waals surface area contributed by atoms with Gasteiger partial charge in [-0.05, 0) is 43.6 Å². The minimum Gasteiger partial charge on any atom is -0.437 e. The van der Waals surface area contributed by atoms with E-state index >= 15 is 0 Å². The number of piperidine rings is 1. The number of hydrogen-bond donors (Lipinski definition) is 1. The van der Waals surface area contributed by atoms with Gasteiger partial charge < -0.3 is 10.1 Å². The highest BCUT2D eigenvalue weighted by atomic mass is 16.6. The number of nitrogens with one attached hydrogen (secondary N) is 1. The molecule has 1 saturated heterocycles. The lowest BCUT2D eigenvalue weighted by Gasteiger charge is -2.32. The molecule has 3 heterocycles. The third-order valence-corrected chi connectivity index (χ3v) is 4.82. The van der Waals surface area contributed by atoms with E-state index < -0.39 is 0 Å². The summed E-state index contributed by atoms with van der Waals surface area (Å²) in [6, 6.07) is 9.54. The molecule has 9 nitrogen and oxygen atoms in total. The fourth-order valence-corrected chi connectivity index (χ4v) is 3.44. The molecule has 1 atom stereocenters. The minimum atomic E-state index is -0.149. The van der Waals surface area contributed by atoms with Gasteiger partial charge in [0.15, 0.2) is 5.82 Å². The molecule has 4 rings (SSSR count). The highest BCUT2D eigenvalue weighted by Gasteiger charge is 2.27. The van der Waals surface area contributed by atoms with Crippen LogP contribution in [0.1, 0.15) is 30.1 Å². The average molecular weight is 394 g/mol. The SMILES string of the molecule is Cc1nonc1NC(=O)CN1CCC[C@H](c2nccnc2Oc2ccccc2)C1. The first-order valence-electron chi connectivity index (χ1n) is 9.54. The smallest absolute Gasteiger partial charge is 0.241 e. The van der Waals surface area contributed by atoms with Gasteiger partial charge in [0.2, 0.25) is 11.8 Å². The summed E-state index contributed by atoms with van der Waals surface area (Å²) in [7, 11) is 0. The van der Waals surface area contributed by atoms with Gasteiger partial charge in [-0.15, -0.1) is 0 Å². The van der Waals surface area contributed by atoms with Gasteiger partial charge in [-0.3, -0.25) is 14.7 Å². The summed E-state index contributed by atoms with van der Waals surface area (Å²) in [5.74, 6) is 1.58. The van der Waals surface area contributed by atoms with Crippen LogP contribution in [-0.2, 0) is 4.79 Å². The molecular formula is C20H22N6O3. The molecule has 0 saturated carbocycles. The molecule has 29 heavy (non-hydrogen) atoms. The van der Waals surface area contributed by atoms with Gasteiger partial charge in [0.1, 0.15) is 17.1 Å². The van der Waals surface area contributed by atoms with Crippen molar-refractivity contribution in [2.45, 2.75) is 25.7 Å². The summed E-state index contributed by atoms with van der Waals surface area (Å²) in [5.41, 5.74) is 1.37. The molecule has 0 spiro atoms. The lowest BCUT2D eigenvalue weighted by atomic mass is 9.94. The van der Waals surface area contributed by atoms with Crippen molar-refractivity contribution in [3.05, 3.63) is 54.1 Å². The molecule has 1 N–H and O–H groups in total. The summed E-state index contributed by atoms with van der Waals surface area (Å²) >= 11 is 0. The van der Waals surface area contributed by atoms with E-state index in [9.17, 15) is 4.79 Å². The summed E-state index contributed by atoms with van der Waals surface area (Å²) < 4.78 is 10.6. The van der Waals surface area contributed by atoms with E-state index in [0.29, 0.717) is 23.9 Å². The fraction of sp³-hybridized carbons (Fsp3) is 0.350. The molecule has 0 radical (unpaired) electrons. The Morgan fingerprint density at radius 1 is 1.24 bits per heavy atom. The number of amides is 1. The number of rotatable bonds is 6. The van der Waals surface area contributed by atoms with Crippen molar-refractivity contribution < 1.29 is 14.2 Å². The van der Waals surface area contributed by atoms with Gasteiger partial charge in [0.25, 0.3) is 0 Å². The summed E-state index contributed by atoms with van der Waals surface area (Å²) in [5, 5.41) is 10.1. The zero-order chi connectivity index (χ0) is 20.1. The molecule has 1 fully saturated rings. The Morgan fingerprint density at radius 2 is 2.07 bits per heavy atom. The van der Waals surface area contributed by atoms with E-state index in [-0.39, 0.29) is 18.4 Å². The second kappa shape index (κ2) is 8.78. The summed E-state index contributed by atoms with van der Waals surface area (Å²) in [6.07, 6.45) is 5.24. The van der Waals surface area contributed by atoms with E-state index in [2.05, 4.69) is 35.1 Å². The van der Waals surface area contributed by atoms with Gasteiger partial charge in [-0.25, -0.2) is 9.61 Å². The van der Waals surface area contributed by atoms with Crippen LogP contribution in [-0.4, -0.2) is 50.7 Å². The lowest BCUT2D eigenvalue weighted by Crippen LogP contribution is -2.40. The number of likely N-dealkylation sites (tertiary alicyclic amines) is 1. The van der Waals surface area contributed by atoms with Crippen molar-refractivity contribution >= 4 is 11.7 Å². The zero-order valence-electron chi connectivity index (χ0n) is 16.1. The summed E-state index contributed by atoms with van der Waals surface area (Å²) in [6.45, 7) is 3.53. The van der Waals surface area contributed by atoms with Gasteiger partial charge in [-0.1, -0.05) is 23.4 Å². The number of carbonyl (C=O) groups excluding carboxylic acids is 1. The number of carbonyl (C=O) groups is 1. The van der Waals surface area contributed by atoms with Crippen molar-refractivity contribution in [3.8, 4) is 11.6 Å². The van der Waals surface area contributed by atoms with Gasteiger partial charge >= 0.3 is 0 Å². The second-order valence-electron chi connectivity index (χ2n) is 6.98. The van der Waals surface area contributed by atoms with Crippen LogP contribution >= 0.6 is 0 Å². The summed E-state index contributed by atoms with van der Waals surface area (Å²) in [4.78, 5) is 23.4. The Labute approximate surface area is 168 Å². The van der Waals surface area contributed by atoms with Crippen LogP contribution in [0.3, 0.4) is 0 Å². The normalized spacial score (nSPS) is 17.1. The zero-order valence-corrected chi connectivity index (χ0v) is 16.1. The third kappa shape index (κ3) is 4.75. The number of aromatic nitrogens is 4. The highest BCUT2D eigenvalue weighted by Crippen LogP contribution is 2.32. The first kappa shape index (κ1) is 19.0. The fourth-order valence-electron chi connectivity index (χ4n) is 3.44. The van der Waals surface area contributed by atoms with E-state index in [4.69, 9.17) is 4.74 Å². The van der Waals surface area contributed by atoms with Crippen molar-refractivity contribution in [1.82, 2.24) is 25.2 Å². The second-order valence-corrected chi connectivity index (χ2v) is 6.98. The molecule has 150 valence electrons. The topological polar surface area (TPSA) is 106 Å². The predicted molar refractivity (Wildman–Crippen MR) is 105 cm³/mol. The Bertz CT molecular complexity index is 962. The van der Waals surface area contributed by atoms with Crippen LogP contribution in [0.25, 0.3) is 0 Å². The van der Waals surface area contributed by atoms with Crippen LogP contribution in [0.4, 0.5) is 5.82 Å². The monoisotopic (exact) mass is 394 g/mol. The number of para-hydroxylation sites is 1. The van der Waals surface area contributed by atoms with Crippen LogP contribution in [0, 0.1) is 6.92 Å². The number of aryl methyl sites for hydroxylation is 1. The number of anilines is 1. The molecule has 1 amide bonds. The number of nitrogens with zero attached hydrogens (tertiary/aromatic N) is 5. The van der Waals surface area contributed by atoms with E-state index in [1.54, 1.807) is 19.3 Å². The van der Waals surface area contributed by atoms with Crippen molar-refractivity contribution in [2.75, 3.05) is 25.0 Å². The Morgan fingerprint density at radius 3 is 2.86 bits per heavy atom. The predicted octanol–water partition coefficient (Wildman–Crippen LogP) is 2.78. The molecule has 3 aromatic rings. The van der Waals surface area contributed by atoms with Crippen LogP contribution in [0.5, 0.6) is 11.6 Å². The molecule has 2 aromatic heterocycles. The maximum absolute atomic E-state index is 12.4. The Balaban J connectivity index is 1.42. The molecule has 0 bridgehead atoms. The van der Waals surface area contributed by atoms with Crippen molar-refractivity contribution in [2.24, 2.45) is 0 Å². The maximum Gasteiger partial charge on any atom is 0.241 e. The molecule has 0 aliphatic carbocycles. The quantitative estimate of drug-likeness (QED) is 0.680. The number of benzene rings is 1. The van der Waals surface area contributed by atoms with E-state index in [1.807, 2.05) is 30.3 Å². The van der Waals surface area contributed by atoms with Gasteiger partial charge in [0.05, 0.1) is 6.54 Å². The standard InChI is InChI=1S/C20H22N6O3/c1-14-19(25-29-24-14)23-17(27)13-26-11-5-6-15(12-26)18-20(22-10-9-21-18)28-16-7-3-2-4-8-16/h2-4,7-10,15H,5-6,11-13H2,1H3,(H,23,25,27)/t15-/m0/s1. The van der Waals surface area contributed by atoms with Crippen LogP contribution < -0.4 is 10.1 Å². The Kier molecular flexibility index (Phi) is 5.76. The Hall–Kier alpha value is -3.33. The first-order valence-corrected chi connectivity index (χ1v) is 9.54. The number of ether oxygens (including phenoxy) is 1. The third-order valence-electron chi connectivity index (χ3n) is 4.82. The van der Waals surface area contributed by atoms with E-state index in [1.165, 1.54) is 0 Å². The van der Waals surface area contributed by atoms with Crippen LogP contribution in [0.2, 0.25) is 0 Å². The largest absolute Gasteiger partial charge is 0.437 e. The molecule has 0 unspecified atom stereocenters. The molecular weight excluding hydrogens is 372 g/mol. The molecule has 1 aliphatic heterocycles. The van der Waals surface area contributed by atoms with E-state index in [0.717, 1.165) is 30.8 Å². The maximum atomic E-state index is 12.4. The van der Waals surface area contributed by atoms with Gasteiger partial charge in [-0.2, -0.15) is 0 Å². The van der Waals surface area contributed by atoms with Crippen molar-refractivity contribution in [3.63, 3.8) is 0 Å². The highest BCUT2D eigenvalue weighted by molar-refractivity contribution is 5.91. The molecule has 1 aliphatic rings. The lowest BCUT2D eigenvalue weighted by molar-refractivity contribution is -0.117. The molecule has 9 heteroatoms. The molecule has 1 aromatic carbocycles. The van der Waals surface area contributed by atoms with Crippen LogP contribution in [0.15, 0.2) is 47.4 Å².